The Morgan fingerprint density at radius 1 is 1.30 bits per heavy atom. The molecule has 1 aliphatic heterocycles. The molecule has 6 nitrogen and oxygen atoms in total. The van der Waals surface area contributed by atoms with E-state index >= 15 is 0 Å². The van der Waals surface area contributed by atoms with E-state index in [1.807, 2.05) is 30.3 Å². The highest BCUT2D eigenvalue weighted by atomic mass is 16.5. The first kappa shape index (κ1) is 15.7. The fourth-order valence-corrected chi connectivity index (χ4v) is 2.69. The van der Waals surface area contributed by atoms with E-state index in [0.717, 1.165) is 37.3 Å². The van der Waals surface area contributed by atoms with Crippen LogP contribution in [0.15, 0.2) is 30.3 Å². The van der Waals surface area contributed by atoms with Crippen molar-refractivity contribution in [3.05, 3.63) is 36.2 Å². The van der Waals surface area contributed by atoms with Crippen LogP contribution in [-0.2, 0) is 16.0 Å². The SMILES string of the molecule is O=C(C[C@@H]1CCCCO1)NCCc1nc(-c2ccccc2)n[nH]1. The van der Waals surface area contributed by atoms with Crippen LogP contribution >= 0.6 is 0 Å². The molecule has 0 saturated carbocycles. The van der Waals surface area contributed by atoms with Gasteiger partial charge in [-0.05, 0) is 19.3 Å². The highest BCUT2D eigenvalue weighted by Crippen LogP contribution is 2.15. The molecule has 122 valence electrons. The van der Waals surface area contributed by atoms with Crippen molar-refractivity contribution in [2.45, 2.75) is 38.2 Å². The molecule has 6 heteroatoms. The zero-order valence-electron chi connectivity index (χ0n) is 13.1. The summed E-state index contributed by atoms with van der Waals surface area (Å²) in [5, 5.41) is 10.1. The summed E-state index contributed by atoms with van der Waals surface area (Å²) in [4.78, 5) is 16.3. The Hall–Kier alpha value is -2.21. The highest BCUT2D eigenvalue weighted by molar-refractivity contribution is 5.76. The summed E-state index contributed by atoms with van der Waals surface area (Å²) in [6.45, 7) is 1.33. The molecule has 0 radical (unpaired) electrons. The van der Waals surface area contributed by atoms with Crippen molar-refractivity contribution < 1.29 is 9.53 Å². The highest BCUT2D eigenvalue weighted by Gasteiger charge is 2.17. The van der Waals surface area contributed by atoms with Crippen molar-refractivity contribution >= 4 is 5.91 Å². The van der Waals surface area contributed by atoms with Gasteiger partial charge in [0.2, 0.25) is 5.91 Å². The van der Waals surface area contributed by atoms with Gasteiger partial charge in [-0.2, -0.15) is 5.10 Å². The number of carbonyl (C=O) groups excluding carboxylic acids is 1. The van der Waals surface area contributed by atoms with E-state index in [4.69, 9.17) is 4.74 Å². The summed E-state index contributed by atoms with van der Waals surface area (Å²) in [6, 6.07) is 9.82. The molecule has 2 aromatic rings. The molecule has 0 aliphatic carbocycles. The van der Waals surface area contributed by atoms with E-state index in [9.17, 15) is 4.79 Å². The Morgan fingerprint density at radius 2 is 2.17 bits per heavy atom. The molecule has 1 aromatic carbocycles. The van der Waals surface area contributed by atoms with Crippen LogP contribution in [0.2, 0.25) is 0 Å². The number of benzene rings is 1. The Morgan fingerprint density at radius 3 is 2.96 bits per heavy atom. The van der Waals surface area contributed by atoms with E-state index in [2.05, 4.69) is 20.5 Å². The molecule has 23 heavy (non-hydrogen) atoms. The van der Waals surface area contributed by atoms with Crippen LogP contribution in [0.3, 0.4) is 0 Å². The molecule has 2 N–H and O–H groups in total. The van der Waals surface area contributed by atoms with Gasteiger partial charge in [0.15, 0.2) is 5.82 Å². The maximum atomic E-state index is 11.9. The third-order valence-corrected chi connectivity index (χ3v) is 3.93. The van der Waals surface area contributed by atoms with Crippen molar-refractivity contribution in [3.8, 4) is 11.4 Å². The monoisotopic (exact) mass is 314 g/mol. The minimum absolute atomic E-state index is 0.0414. The number of carbonyl (C=O) groups is 1. The predicted octanol–water partition coefficient (Wildman–Crippen LogP) is 2.09. The molecular formula is C17H22N4O2. The van der Waals surface area contributed by atoms with Crippen molar-refractivity contribution in [1.29, 1.82) is 0 Å². The van der Waals surface area contributed by atoms with Crippen molar-refractivity contribution in [3.63, 3.8) is 0 Å². The molecule has 1 aromatic heterocycles. The van der Waals surface area contributed by atoms with E-state index in [0.29, 0.717) is 25.2 Å². The van der Waals surface area contributed by atoms with Crippen LogP contribution in [-0.4, -0.2) is 40.3 Å². The van der Waals surface area contributed by atoms with Crippen molar-refractivity contribution in [2.75, 3.05) is 13.2 Å². The first-order chi connectivity index (χ1) is 11.3. The van der Waals surface area contributed by atoms with E-state index in [1.54, 1.807) is 0 Å². The van der Waals surface area contributed by atoms with E-state index in [1.165, 1.54) is 0 Å². The number of hydrogen-bond acceptors (Lipinski definition) is 4. The molecule has 0 unspecified atom stereocenters. The van der Waals surface area contributed by atoms with E-state index in [-0.39, 0.29) is 12.0 Å². The summed E-state index contributed by atoms with van der Waals surface area (Å²) in [7, 11) is 0. The number of ether oxygens (including phenoxy) is 1. The zero-order chi connectivity index (χ0) is 15.9. The Balaban J connectivity index is 1.42. The standard InChI is InChI=1S/C17H22N4O2/c22-16(12-14-8-4-5-11-23-14)18-10-9-15-19-17(21-20-15)13-6-2-1-3-7-13/h1-3,6-7,14H,4-5,8-12H2,(H,18,22)(H,19,20,21)/t14-/m0/s1. The molecule has 3 rings (SSSR count). The number of nitrogens with zero attached hydrogens (tertiary/aromatic N) is 2. The van der Waals surface area contributed by atoms with Gasteiger partial charge in [-0.3, -0.25) is 9.89 Å². The van der Waals surface area contributed by atoms with Crippen LogP contribution in [0, 0.1) is 0 Å². The number of hydrogen-bond donors (Lipinski definition) is 2. The number of amides is 1. The number of aromatic amines is 1. The summed E-state index contributed by atoms with van der Waals surface area (Å²) in [6.07, 6.45) is 4.41. The Bertz CT molecular complexity index is 621. The predicted molar refractivity (Wildman–Crippen MR) is 86.7 cm³/mol. The molecule has 1 atom stereocenters. The fraction of sp³-hybridized carbons (Fsp3) is 0.471. The second-order valence-electron chi connectivity index (χ2n) is 5.76. The first-order valence-corrected chi connectivity index (χ1v) is 8.16. The lowest BCUT2D eigenvalue weighted by Crippen LogP contribution is -2.31. The van der Waals surface area contributed by atoms with Gasteiger partial charge in [-0.15, -0.1) is 0 Å². The second-order valence-corrected chi connectivity index (χ2v) is 5.76. The summed E-state index contributed by atoms with van der Waals surface area (Å²) in [5.41, 5.74) is 0.980. The van der Waals surface area contributed by atoms with E-state index < -0.39 is 0 Å². The van der Waals surface area contributed by atoms with Crippen LogP contribution in [0.5, 0.6) is 0 Å². The average molecular weight is 314 g/mol. The maximum absolute atomic E-state index is 11.9. The normalized spacial score (nSPS) is 17.8. The van der Waals surface area contributed by atoms with Gasteiger partial charge in [0, 0.05) is 25.1 Å². The quantitative estimate of drug-likeness (QED) is 0.855. The van der Waals surface area contributed by atoms with Crippen LogP contribution in [0.25, 0.3) is 11.4 Å². The molecule has 0 bridgehead atoms. The minimum atomic E-state index is 0.0414. The molecule has 1 amide bonds. The number of nitrogens with one attached hydrogen (secondary N) is 2. The second kappa shape index (κ2) is 7.87. The van der Waals surface area contributed by atoms with Crippen LogP contribution in [0.4, 0.5) is 0 Å². The van der Waals surface area contributed by atoms with Gasteiger partial charge in [0.25, 0.3) is 0 Å². The van der Waals surface area contributed by atoms with Gasteiger partial charge in [-0.1, -0.05) is 30.3 Å². The lowest BCUT2D eigenvalue weighted by molar-refractivity contribution is -0.124. The third-order valence-electron chi connectivity index (χ3n) is 3.93. The maximum Gasteiger partial charge on any atom is 0.222 e. The van der Waals surface area contributed by atoms with Crippen molar-refractivity contribution in [1.82, 2.24) is 20.5 Å². The molecule has 1 saturated heterocycles. The number of rotatable bonds is 6. The number of H-pyrrole nitrogens is 1. The average Bonchev–Trinajstić information content (AvgIpc) is 3.05. The van der Waals surface area contributed by atoms with Crippen molar-refractivity contribution in [2.24, 2.45) is 0 Å². The lowest BCUT2D eigenvalue weighted by Gasteiger charge is -2.21. The molecule has 1 aliphatic rings. The molecular weight excluding hydrogens is 292 g/mol. The van der Waals surface area contributed by atoms with Gasteiger partial charge in [0.1, 0.15) is 5.82 Å². The Kier molecular flexibility index (Phi) is 5.37. The first-order valence-electron chi connectivity index (χ1n) is 8.16. The van der Waals surface area contributed by atoms with Gasteiger partial charge in [0.05, 0.1) is 12.5 Å². The smallest absolute Gasteiger partial charge is 0.222 e. The number of aromatic nitrogens is 3. The summed E-state index contributed by atoms with van der Waals surface area (Å²) in [5.74, 6) is 1.50. The summed E-state index contributed by atoms with van der Waals surface area (Å²) < 4.78 is 5.58. The van der Waals surface area contributed by atoms with Crippen LogP contribution < -0.4 is 5.32 Å². The topological polar surface area (TPSA) is 79.9 Å². The van der Waals surface area contributed by atoms with Crippen LogP contribution in [0.1, 0.15) is 31.5 Å². The summed E-state index contributed by atoms with van der Waals surface area (Å²) >= 11 is 0. The van der Waals surface area contributed by atoms with Gasteiger partial charge in [-0.25, -0.2) is 4.98 Å². The van der Waals surface area contributed by atoms with Gasteiger partial charge >= 0.3 is 0 Å². The third kappa shape index (κ3) is 4.63. The lowest BCUT2D eigenvalue weighted by atomic mass is 10.1. The Labute approximate surface area is 135 Å². The largest absolute Gasteiger partial charge is 0.378 e. The fourth-order valence-electron chi connectivity index (χ4n) is 2.69. The minimum Gasteiger partial charge on any atom is -0.378 e. The molecule has 2 heterocycles. The van der Waals surface area contributed by atoms with Gasteiger partial charge < -0.3 is 10.1 Å². The molecule has 1 fully saturated rings. The molecule has 0 spiro atoms. The zero-order valence-corrected chi connectivity index (χ0v) is 13.1.